The molecule has 2 fully saturated rings. The first-order valence-corrected chi connectivity index (χ1v) is 8.41. The Labute approximate surface area is 140 Å². The lowest BCUT2D eigenvalue weighted by molar-refractivity contribution is -0.132. The minimum atomic E-state index is -0.614. The number of ether oxygens (including phenoxy) is 1. The van der Waals surface area contributed by atoms with Gasteiger partial charge in [-0.3, -0.25) is 9.59 Å². The first kappa shape index (κ1) is 16.3. The predicted molar refractivity (Wildman–Crippen MR) is 88.6 cm³/mol. The Balaban J connectivity index is 1.61. The summed E-state index contributed by atoms with van der Waals surface area (Å²) in [6.45, 7) is 3.69. The normalized spacial score (nSPS) is 24.3. The lowest BCUT2D eigenvalue weighted by atomic mass is 10.1. The average molecular weight is 337 g/mol. The van der Waals surface area contributed by atoms with E-state index < -0.39 is 5.92 Å². The number of amides is 2. The Kier molecular flexibility index (Phi) is 4.87. The number of nitrogens with zero attached hydrogens (tertiary/aromatic N) is 1. The monoisotopic (exact) mass is 336 g/mol. The van der Waals surface area contributed by atoms with Gasteiger partial charge in [0, 0.05) is 30.4 Å². The fourth-order valence-electron chi connectivity index (χ4n) is 3.07. The molecule has 0 spiro atoms. The van der Waals surface area contributed by atoms with Crippen LogP contribution in [0.15, 0.2) is 18.2 Å². The Morgan fingerprint density at radius 3 is 2.96 bits per heavy atom. The third-order valence-corrected chi connectivity index (χ3v) is 4.92. The van der Waals surface area contributed by atoms with Gasteiger partial charge in [-0.05, 0) is 43.9 Å². The smallest absolute Gasteiger partial charge is 0.239 e. The van der Waals surface area contributed by atoms with E-state index in [0.29, 0.717) is 24.5 Å². The summed E-state index contributed by atoms with van der Waals surface area (Å²) in [7, 11) is 0. The molecule has 5 nitrogen and oxygen atoms in total. The lowest BCUT2D eigenvalue weighted by Crippen LogP contribution is -2.39. The highest BCUT2D eigenvalue weighted by Gasteiger charge is 2.37. The van der Waals surface area contributed by atoms with Gasteiger partial charge in [-0.2, -0.15) is 0 Å². The number of hydrogen-bond donors (Lipinski definition) is 1. The predicted octanol–water partition coefficient (Wildman–Crippen LogP) is 2.30. The van der Waals surface area contributed by atoms with Crippen LogP contribution in [0.2, 0.25) is 5.02 Å². The van der Waals surface area contributed by atoms with Gasteiger partial charge in [-0.15, -0.1) is 0 Å². The second-order valence-corrected chi connectivity index (χ2v) is 6.55. The second kappa shape index (κ2) is 6.89. The molecule has 0 aromatic heterocycles. The molecule has 2 unspecified atom stereocenters. The van der Waals surface area contributed by atoms with Crippen LogP contribution in [0.25, 0.3) is 0 Å². The third kappa shape index (κ3) is 3.51. The molecule has 6 heteroatoms. The van der Waals surface area contributed by atoms with Gasteiger partial charge in [0.05, 0.1) is 6.10 Å². The van der Waals surface area contributed by atoms with Crippen LogP contribution in [0.4, 0.5) is 5.69 Å². The molecule has 2 amide bonds. The molecule has 2 atom stereocenters. The average Bonchev–Trinajstić information content (AvgIpc) is 3.17. The molecule has 0 aliphatic carbocycles. The van der Waals surface area contributed by atoms with E-state index >= 15 is 0 Å². The maximum absolute atomic E-state index is 12.5. The number of rotatable bonds is 4. The van der Waals surface area contributed by atoms with Crippen molar-refractivity contribution in [3.05, 3.63) is 28.8 Å². The summed E-state index contributed by atoms with van der Waals surface area (Å²) in [4.78, 5) is 26.4. The number of hydrogen-bond acceptors (Lipinski definition) is 3. The van der Waals surface area contributed by atoms with E-state index in [2.05, 4.69) is 5.32 Å². The number of nitrogens with one attached hydrogen (secondary N) is 1. The quantitative estimate of drug-likeness (QED) is 0.858. The molecule has 1 aromatic rings. The molecule has 124 valence electrons. The van der Waals surface area contributed by atoms with Gasteiger partial charge in [0.2, 0.25) is 11.8 Å². The van der Waals surface area contributed by atoms with Crippen LogP contribution in [0.3, 0.4) is 0 Å². The molecule has 23 heavy (non-hydrogen) atoms. The molecule has 1 N–H and O–H groups in total. The largest absolute Gasteiger partial charge is 0.376 e. The summed E-state index contributed by atoms with van der Waals surface area (Å²) in [6, 6.07) is 5.53. The van der Waals surface area contributed by atoms with E-state index in [-0.39, 0.29) is 17.9 Å². The molecule has 0 bridgehead atoms. The van der Waals surface area contributed by atoms with Gasteiger partial charge in [0.15, 0.2) is 0 Å². The summed E-state index contributed by atoms with van der Waals surface area (Å²) >= 11 is 6.13. The van der Waals surface area contributed by atoms with Crippen molar-refractivity contribution in [3.63, 3.8) is 0 Å². The molecule has 2 heterocycles. The third-order valence-electron chi connectivity index (χ3n) is 4.52. The molecular weight excluding hydrogens is 316 g/mol. The van der Waals surface area contributed by atoms with E-state index in [0.717, 1.165) is 30.7 Å². The molecule has 1 aromatic carbocycles. The first-order valence-electron chi connectivity index (χ1n) is 8.03. The standard InChI is InChI=1S/C17H21ClN2O3/c1-11-4-5-12(9-15(11)18)20-7-6-14(17(20)22)16(21)19-10-13-3-2-8-23-13/h4-5,9,13-14H,2-3,6-8,10H2,1H3,(H,19,21). The topological polar surface area (TPSA) is 58.6 Å². The van der Waals surface area contributed by atoms with Crippen LogP contribution in [-0.2, 0) is 14.3 Å². The summed E-state index contributed by atoms with van der Waals surface area (Å²) in [5, 5.41) is 3.48. The maximum atomic E-state index is 12.5. The molecule has 2 saturated heterocycles. The van der Waals surface area contributed by atoms with Crippen molar-refractivity contribution in [2.75, 3.05) is 24.6 Å². The summed E-state index contributed by atoms with van der Waals surface area (Å²) in [5.41, 5.74) is 1.72. The fraction of sp³-hybridized carbons (Fsp3) is 0.529. The highest BCUT2D eigenvalue weighted by Crippen LogP contribution is 2.29. The first-order chi connectivity index (χ1) is 11.1. The van der Waals surface area contributed by atoms with Crippen LogP contribution in [0.1, 0.15) is 24.8 Å². The van der Waals surface area contributed by atoms with Gasteiger partial charge in [-0.25, -0.2) is 0 Å². The molecule has 3 rings (SSSR count). The van der Waals surface area contributed by atoms with Crippen LogP contribution in [0, 0.1) is 12.8 Å². The lowest BCUT2D eigenvalue weighted by Gasteiger charge is -2.18. The summed E-state index contributed by atoms with van der Waals surface area (Å²) in [6.07, 6.45) is 2.61. The van der Waals surface area contributed by atoms with Crippen molar-refractivity contribution in [1.29, 1.82) is 0 Å². The zero-order chi connectivity index (χ0) is 16.4. The Morgan fingerprint density at radius 1 is 1.43 bits per heavy atom. The number of benzene rings is 1. The van der Waals surface area contributed by atoms with Crippen LogP contribution >= 0.6 is 11.6 Å². The van der Waals surface area contributed by atoms with E-state index in [9.17, 15) is 9.59 Å². The van der Waals surface area contributed by atoms with Crippen molar-refractivity contribution in [1.82, 2.24) is 5.32 Å². The van der Waals surface area contributed by atoms with Gasteiger partial charge in [-0.1, -0.05) is 17.7 Å². The molecular formula is C17H21ClN2O3. The van der Waals surface area contributed by atoms with E-state index in [1.165, 1.54) is 0 Å². The minimum Gasteiger partial charge on any atom is -0.376 e. The van der Waals surface area contributed by atoms with E-state index in [1.54, 1.807) is 11.0 Å². The van der Waals surface area contributed by atoms with Crippen molar-refractivity contribution in [2.24, 2.45) is 5.92 Å². The number of halogens is 1. The maximum Gasteiger partial charge on any atom is 0.239 e. The zero-order valence-corrected chi connectivity index (χ0v) is 13.9. The highest BCUT2D eigenvalue weighted by molar-refractivity contribution is 6.31. The van der Waals surface area contributed by atoms with Gasteiger partial charge in [0.1, 0.15) is 5.92 Å². The number of aryl methyl sites for hydroxylation is 1. The summed E-state index contributed by atoms with van der Waals surface area (Å²) < 4.78 is 5.48. The number of carbonyl (C=O) groups is 2. The number of carbonyl (C=O) groups excluding carboxylic acids is 2. The molecule has 2 aliphatic rings. The number of anilines is 1. The Morgan fingerprint density at radius 2 is 2.26 bits per heavy atom. The van der Waals surface area contributed by atoms with E-state index in [1.807, 2.05) is 19.1 Å². The van der Waals surface area contributed by atoms with E-state index in [4.69, 9.17) is 16.3 Å². The molecule has 0 saturated carbocycles. The second-order valence-electron chi connectivity index (χ2n) is 6.14. The Hall–Kier alpha value is -1.59. The SMILES string of the molecule is Cc1ccc(N2CCC(C(=O)NCC3CCCO3)C2=O)cc1Cl. The van der Waals surface area contributed by atoms with Crippen molar-refractivity contribution in [3.8, 4) is 0 Å². The van der Waals surface area contributed by atoms with Gasteiger partial charge in [0.25, 0.3) is 0 Å². The van der Waals surface area contributed by atoms with Crippen LogP contribution < -0.4 is 10.2 Å². The van der Waals surface area contributed by atoms with Crippen molar-refractivity contribution < 1.29 is 14.3 Å². The summed E-state index contributed by atoms with van der Waals surface area (Å²) in [5.74, 6) is -0.975. The van der Waals surface area contributed by atoms with Crippen LogP contribution in [0.5, 0.6) is 0 Å². The molecule has 2 aliphatic heterocycles. The fourth-order valence-corrected chi connectivity index (χ4v) is 3.25. The molecule has 0 radical (unpaired) electrons. The van der Waals surface area contributed by atoms with Crippen molar-refractivity contribution >= 4 is 29.1 Å². The van der Waals surface area contributed by atoms with Crippen molar-refractivity contribution in [2.45, 2.75) is 32.3 Å². The minimum absolute atomic E-state index is 0.0856. The van der Waals surface area contributed by atoms with Gasteiger partial charge >= 0.3 is 0 Å². The van der Waals surface area contributed by atoms with Gasteiger partial charge < -0.3 is 15.0 Å². The zero-order valence-electron chi connectivity index (χ0n) is 13.2. The highest BCUT2D eigenvalue weighted by atomic mass is 35.5. The Bertz CT molecular complexity index is 614. The van der Waals surface area contributed by atoms with Crippen LogP contribution in [-0.4, -0.2) is 37.6 Å².